The molecule has 10 nitrogen and oxygen atoms in total. The molecule has 1 saturated heterocycles. The molecule has 2 unspecified atom stereocenters. The molecule has 140 valence electrons. The topological polar surface area (TPSA) is 133 Å². The van der Waals surface area contributed by atoms with Crippen molar-refractivity contribution in [2.75, 3.05) is 13.2 Å². The van der Waals surface area contributed by atoms with Gasteiger partial charge in [-0.05, 0) is 32.3 Å². The van der Waals surface area contributed by atoms with Crippen molar-refractivity contribution < 1.29 is 18.8 Å². The fraction of sp³-hybridized carbons (Fsp3) is 0.500. The first kappa shape index (κ1) is 17.8. The minimum absolute atomic E-state index is 0.0521. The van der Waals surface area contributed by atoms with Gasteiger partial charge in [0.2, 0.25) is 5.76 Å². The molecule has 2 aromatic rings. The number of carbonyl (C=O) groups excluding carboxylic acids is 2. The smallest absolute Gasteiger partial charge is 0.323 e. The van der Waals surface area contributed by atoms with Crippen molar-refractivity contribution in [2.24, 2.45) is 0 Å². The van der Waals surface area contributed by atoms with Crippen LogP contribution in [0.4, 0.5) is 0 Å². The number of carbonyl (C=O) groups is 2. The number of aromatic nitrogens is 3. The quantitative estimate of drug-likeness (QED) is 0.705. The van der Waals surface area contributed by atoms with Gasteiger partial charge in [0.15, 0.2) is 0 Å². The molecule has 0 bridgehead atoms. The van der Waals surface area contributed by atoms with E-state index < -0.39 is 11.6 Å². The third-order valence-electron chi connectivity index (χ3n) is 4.47. The van der Waals surface area contributed by atoms with Crippen LogP contribution in [0, 0.1) is 6.92 Å². The minimum Gasteiger partial charge on any atom is -0.476 e. The molecule has 3 heterocycles. The summed E-state index contributed by atoms with van der Waals surface area (Å²) < 4.78 is 10.1. The zero-order valence-corrected chi connectivity index (χ0v) is 14.8. The highest BCUT2D eigenvalue weighted by atomic mass is 16.5. The number of likely N-dealkylation sites (tertiary alicyclic amines) is 1. The van der Waals surface area contributed by atoms with Gasteiger partial charge in [0.1, 0.15) is 5.69 Å². The van der Waals surface area contributed by atoms with Crippen molar-refractivity contribution in [1.29, 1.82) is 0 Å². The highest BCUT2D eigenvalue weighted by Gasteiger charge is 2.36. The molecule has 3 N–H and O–H groups in total. The maximum Gasteiger partial charge on any atom is 0.323 e. The summed E-state index contributed by atoms with van der Waals surface area (Å²) in [4.78, 5) is 43.0. The second kappa shape index (κ2) is 7.06. The fourth-order valence-electron chi connectivity index (χ4n) is 3.07. The van der Waals surface area contributed by atoms with E-state index in [1.807, 2.05) is 6.92 Å². The van der Waals surface area contributed by atoms with Gasteiger partial charge in [0.05, 0.1) is 18.7 Å². The van der Waals surface area contributed by atoms with Crippen LogP contribution in [0.2, 0.25) is 0 Å². The van der Waals surface area contributed by atoms with Crippen LogP contribution in [0.1, 0.15) is 47.0 Å². The van der Waals surface area contributed by atoms with Gasteiger partial charge < -0.3 is 29.4 Å². The molecule has 1 aliphatic rings. The van der Waals surface area contributed by atoms with Crippen molar-refractivity contribution in [3.8, 4) is 5.88 Å². The highest BCUT2D eigenvalue weighted by Crippen LogP contribution is 2.21. The van der Waals surface area contributed by atoms with Crippen LogP contribution in [0.15, 0.2) is 15.4 Å². The summed E-state index contributed by atoms with van der Waals surface area (Å²) in [6, 6.07) is 0.950. The minimum atomic E-state index is -0.419. The first-order chi connectivity index (χ1) is 12.4. The Kier molecular flexibility index (Phi) is 4.83. The molecular weight excluding hydrogens is 342 g/mol. The van der Waals surface area contributed by atoms with Gasteiger partial charge in [-0.1, -0.05) is 0 Å². The first-order valence-electron chi connectivity index (χ1n) is 8.41. The number of rotatable bonds is 5. The van der Waals surface area contributed by atoms with Crippen LogP contribution < -0.4 is 15.7 Å². The number of hydrogen-bond donors (Lipinski definition) is 3. The normalized spacial score (nSPS) is 19.6. The summed E-state index contributed by atoms with van der Waals surface area (Å²) in [7, 11) is 0. The number of amides is 2. The maximum absolute atomic E-state index is 12.6. The van der Waals surface area contributed by atoms with Gasteiger partial charge in [0.25, 0.3) is 17.7 Å². The molecular formula is C16H21N5O5. The van der Waals surface area contributed by atoms with E-state index >= 15 is 0 Å². The molecule has 10 heteroatoms. The second-order valence-electron chi connectivity index (χ2n) is 6.15. The summed E-state index contributed by atoms with van der Waals surface area (Å²) in [5.41, 5.74) is 0.313. The molecule has 1 aliphatic heterocycles. The molecule has 0 spiro atoms. The number of nitrogens with one attached hydrogen (secondary N) is 3. The van der Waals surface area contributed by atoms with E-state index in [0.29, 0.717) is 25.3 Å². The van der Waals surface area contributed by atoms with Gasteiger partial charge in [0, 0.05) is 18.3 Å². The van der Waals surface area contributed by atoms with Gasteiger partial charge in [-0.15, -0.1) is 0 Å². The molecule has 2 aromatic heterocycles. The van der Waals surface area contributed by atoms with E-state index in [2.05, 4.69) is 20.4 Å². The van der Waals surface area contributed by atoms with E-state index in [1.165, 1.54) is 6.07 Å². The molecule has 26 heavy (non-hydrogen) atoms. The Balaban J connectivity index is 1.65. The van der Waals surface area contributed by atoms with Crippen LogP contribution in [-0.2, 0) is 0 Å². The number of hydrogen-bond acceptors (Lipinski definition) is 6. The van der Waals surface area contributed by atoms with Gasteiger partial charge in [-0.3, -0.25) is 9.59 Å². The van der Waals surface area contributed by atoms with Gasteiger partial charge in [-0.25, -0.2) is 4.79 Å². The standard InChI is InChI=1S/C16H21N5O5/c1-4-25-12-7-11(26-20-12)14(22)18-10-5-6-21(9(10)3)15(23)13-8(2)17-16(24)19-13/h7,9-10H,4-6H2,1-3H3,(H,18,22)(H2,17,19,24). The number of ether oxygens (including phenoxy) is 1. The van der Waals surface area contributed by atoms with Crippen molar-refractivity contribution in [1.82, 2.24) is 25.3 Å². The van der Waals surface area contributed by atoms with Crippen LogP contribution >= 0.6 is 0 Å². The van der Waals surface area contributed by atoms with Crippen LogP contribution in [-0.4, -0.2) is 57.1 Å². The second-order valence-corrected chi connectivity index (χ2v) is 6.15. The average molecular weight is 363 g/mol. The Morgan fingerprint density at radius 3 is 2.88 bits per heavy atom. The van der Waals surface area contributed by atoms with Crippen molar-refractivity contribution in [3.63, 3.8) is 0 Å². The molecule has 1 fully saturated rings. The predicted molar refractivity (Wildman–Crippen MR) is 90.2 cm³/mol. The van der Waals surface area contributed by atoms with E-state index in [9.17, 15) is 14.4 Å². The Morgan fingerprint density at radius 2 is 2.23 bits per heavy atom. The number of aryl methyl sites for hydroxylation is 1. The largest absolute Gasteiger partial charge is 0.476 e. The summed E-state index contributed by atoms with van der Waals surface area (Å²) in [6.45, 7) is 6.20. The number of nitrogens with zero attached hydrogens (tertiary/aromatic N) is 2. The number of H-pyrrole nitrogens is 2. The zero-order valence-electron chi connectivity index (χ0n) is 14.8. The number of aromatic amines is 2. The summed E-state index contributed by atoms with van der Waals surface area (Å²) >= 11 is 0. The van der Waals surface area contributed by atoms with Crippen LogP contribution in [0.25, 0.3) is 0 Å². The third-order valence-corrected chi connectivity index (χ3v) is 4.47. The zero-order chi connectivity index (χ0) is 18.8. The fourth-order valence-corrected chi connectivity index (χ4v) is 3.07. The lowest BCUT2D eigenvalue weighted by Crippen LogP contribution is -2.45. The monoisotopic (exact) mass is 363 g/mol. The van der Waals surface area contributed by atoms with E-state index in [0.717, 1.165) is 0 Å². The van der Waals surface area contributed by atoms with Gasteiger partial charge >= 0.3 is 5.69 Å². The highest BCUT2D eigenvalue weighted by molar-refractivity contribution is 5.94. The molecule has 3 rings (SSSR count). The summed E-state index contributed by atoms with van der Waals surface area (Å²) in [5, 5.41) is 6.51. The maximum atomic E-state index is 12.6. The first-order valence-corrected chi connectivity index (χ1v) is 8.41. The van der Waals surface area contributed by atoms with Crippen LogP contribution in [0.5, 0.6) is 5.88 Å². The van der Waals surface area contributed by atoms with Gasteiger partial charge in [-0.2, -0.15) is 0 Å². The molecule has 0 radical (unpaired) electrons. The van der Waals surface area contributed by atoms with E-state index in [-0.39, 0.29) is 35.3 Å². The Hall–Kier alpha value is -3.04. The molecule has 0 aromatic carbocycles. The Bertz CT molecular complexity index is 867. The summed E-state index contributed by atoms with van der Waals surface area (Å²) in [5.74, 6) is -0.388. The SMILES string of the molecule is CCOc1cc(C(=O)NC2CCN(C(=O)c3[nH]c(=O)[nH]c3C)C2C)on1. The summed E-state index contributed by atoms with van der Waals surface area (Å²) in [6.07, 6.45) is 0.596. The third kappa shape index (κ3) is 3.35. The Labute approximate surface area is 148 Å². The Morgan fingerprint density at radius 1 is 1.46 bits per heavy atom. The van der Waals surface area contributed by atoms with Crippen molar-refractivity contribution in [3.05, 3.63) is 33.7 Å². The average Bonchev–Trinajstić information content (AvgIpc) is 3.28. The van der Waals surface area contributed by atoms with E-state index in [4.69, 9.17) is 9.26 Å². The van der Waals surface area contributed by atoms with Crippen molar-refractivity contribution >= 4 is 11.8 Å². The van der Waals surface area contributed by atoms with Crippen LogP contribution in [0.3, 0.4) is 0 Å². The van der Waals surface area contributed by atoms with Crippen molar-refractivity contribution in [2.45, 2.75) is 39.3 Å². The molecule has 0 aliphatic carbocycles. The number of imidazole rings is 1. The molecule has 2 atom stereocenters. The lowest BCUT2D eigenvalue weighted by Gasteiger charge is -2.24. The molecule has 2 amide bonds. The predicted octanol–water partition coefficient (Wildman–Crippen LogP) is 0.431. The lowest BCUT2D eigenvalue weighted by atomic mass is 10.1. The van der Waals surface area contributed by atoms with E-state index in [1.54, 1.807) is 18.7 Å². The molecule has 0 saturated carbocycles. The lowest BCUT2D eigenvalue weighted by molar-refractivity contribution is 0.0720.